The molecular formula is C22H24ClN3O3. The first-order valence-corrected chi connectivity index (χ1v) is 10.1. The molecule has 152 valence electrons. The van der Waals surface area contributed by atoms with Gasteiger partial charge in [0.05, 0.1) is 22.7 Å². The highest BCUT2D eigenvalue weighted by molar-refractivity contribution is 6.34. The van der Waals surface area contributed by atoms with Crippen molar-refractivity contribution in [3.8, 4) is 11.1 Å². The lowest BCUT2D eigenvalue weighted by atomic mass is 10.0. The third kappa shape index (κ3) is 3.65. The number of anilines is 1. The van der Waals surface area contributed by atoms with Gasteiger partial charge in [0.15, 0.2) is 0 Å². The standard InChI is InChI=1S/C22H24ClN3O3/c1-24(2)21(27)19-10-5-15(11-20(19)23)14-3-6-16(7-4-14)25-12-17-8-9-18(13-25)26(17)22(28)29/h3-7,10-11,17-18H,8-9,12-13H2,1-2H3,(H,28,29). The average Bonchev–Trinajstić information content (AvgIpc) is 2.98. The Kier molecular flexibility index (Phi) is 5.13. The van der Waals surface area contributed by atoms with Crippen molar-refractivity contribution in [2.75, 3.05) is 32.1 Å². The fourth-order valence-electron chi connectivity index (χ4n) is 4.40. The molecule has 2 atom stereocenters. The average molecular weight is 414 g/mol. The van der Waals surface area contributed by atoms with Gasteiger partial charge in [-0.05, 0) is 48.2 Å². The van der Waals surface area contributed by atoms with Gasteiger partial charge in [-0.2, -0.15) is 0 Å². The molecule has 2 saturated heterocycles. The molecule has 0 aliphatic carbocycles. The van der Waals surface area contributed by atoms with E-state index in [1.54, 1.807) is 25.1 Å². The summed E-state index contributed by atoms with van der Waals surface area (Å²) >= 11 is 6.34. The highest BCUT2D eigenvalue weighted by Crippen LogP contribution is 2.34. The number of fused-ring (bicyclic) bond motifs is 2. The van der Waals surface area contributed by atoms with E-state index in [4.69, 9.17) is 11.6 Å². The van der Waals surface area contributed by atoms with Crippen LogP contribution in [0.25, 0.3) is 11.1 Å². The molecule has 1 N–H and O–H groups in total. The second kappa shape index (κ2) is 7.59. The van der Waals surface area contributed by atoms with Crippen molar-refractivity contribution in [3.63, 3.8) is 0 Å². The monoisotopic (exact) mass is 413 g/mol. The second-order valence-electron chi connectivity index (χ2n) is 7.92. The van der Waals surface area contributed by atoms with Crippen molar-refractivity contribution in [2.45, 2.75) is 24.9 Å². The van der Waals surface area contributed by atoms with Crippen LogP contribution in [0.2, 0.25) is 5.02 Å². The molecule has 0 spiro atoms. The van der Waals surface area contributed by atoms with Crippen LogP contribution in [-0.4, -0.2) is 66.2 Å². The molecule has 0 aromatic heterocycles. The smallest absolute Gasteiger partial charge is 0.407 e. The Morgan fingerprint density at radius 1 is 1.00 bits per heavy atom. The van der Waals surface area contributed by atoms with E-state index in [1.807, 2.05) is 24.3 Å². The Morgan fingerprint density at radius 2 is 1.59 bits per heavy atom. The van der Waals surface area contributed by atoms with Gasteiger partial charge in [0, 0.05) is 32.9 Å². The summed E-state index contributed by atoms with van der Waals surface area (Å²) < 4.78 is 0. The van der Waals surface area contributed by atoms with Gasteiger partial charge in [0.25, 0.3) is 5.91 Å². The van der Waals surface area contributed by atoms with Gasteiger partial charge in [-0.25, -0.2) is 4.79 Å². The zero-order valence-electron chi connectivity index (χ0n) is 16.5. The van der Waals surface area contributed by atoms with Crippen LogP contribution in [0.3, 0.4) is 0 Å². The van der Waals surface area contributed by atoms with Crippen LogP contribution in [0, 0.1) is 0 Å². The van der Waals surface area contributed by atoms with Crippen LogP contribution in [0.4, 0.5) is 10.5 Å². The number of carbonyl (C=O) groups excluding carboxylic acids is 1. The van der Waals surface area contributed by atoms with Gasteiger partial charge in [0.1, 0.15) is 0 Å². The number of hydrogen-bond donors (Lipinski definition) is 1. The third-order valence-electron chi connectivity index (χ3n) is 5.87. The molecule has 2 amide bonds. The van der Waals surface area contributed by atoms with Gasteiger partial charge in [-0.3, -0.25) is 9.69 Å². The van der Waals surface area contributed by atoms with Crippen molar-refractivity contribution in [1.29, 1.82) is 0 Å². The minimum absolute atomic E-state index is 0.0755. The molecule has 2 bridgehead atoms. The normalized spacial score (nSPS) is 20.7. The Morgan fingerprint density at radius 3 is 2.10 bits per heavy atom. The highest BCUT2D eigenvalue weighted by atomic mass is 35.5. The first kappa shape index (κ1) is 19.6. The Bertz CT molecular complexity index is 931. The molecule has 6 nitrogen and oxygen atoms in total. The summed E-state index contributed by atoms with van der Waals surface area (Å²) in [7, 11) is 3.40. The van der Waals surface area contributed by atoms with Crippen LogP contribution < -0.4 is 4.90 Å². The number of carbonyl (C=O) groups is 2. The number of rotatable bonds is 3. The van der Waals surface area contributed by atoms with E-state index in [0.717, 1.165) is 42.7 Å². The summed E-state index contributed by atoms with van der Waals surface area (Å²) in [6.07, 6.45) is 1.06. The summed E-state index contributed by atoms with van der Waals surface area (Å²) in [6.45, 7) is 1.46. The van der Waals surface area contributed by atoms with Gasteiger partial charge in [0.2, 0.25) is 0 Å². The first-order valence-electron chi connectivity index (χ1n) is 9.73. The number of hydrogen-bond acceptors (Lipinski definition) is 3. The number of nitrogens with zero attached hydrogens (tertiary/aromatic N) is 3. The maximum Gasteiger partial charge on any atom is 0.407 e. The molecule has 2 aliphatic heterocycles. The molecule has 2 heterocycles. The van der Waals surface area contributed by atoms with Gasteiger partial charge >= 0.3 is 6.09 Å². The van der Waals surface area contributed by atoms with E-state index in [1.165, 1.54) is 4.90 Å². The topological polar surface area (TPSA) is 64.1 Å². The Hall–Kier alpha value is -2.73. The zero-order valence-corrected chi connectivity index (χ0v) is 17.3. The van der Waals surface area contributed by atoms with Gasteiger partial charge < -0.3 is 14.9 Å². The molecular weight excluding hydrogens is 390 g/mol. The molecule has 0 saturated carbocycles. The van der Waals surface area contributed by atoms with E-state index in [-0.39, 0.29) is 18.0 Å². The molecule has 2 fully saturated rings. The molecule has 7 heteroatoms. The predicted molar refractivity (Wildman–Crippen MR) is 114 cm³/mol. The molecule has 0 radical (unpaired) electrons. The fourth-order valence-corrected chi connectivity index (χ4v) is 4.66. The lowest BCUT2D eigenvalue weighted by Crippen LogP contribution is -2.55. The van der Waals surface area contributed by atoms with Crippen LogP contribution in [0.1, 0.15) is 23.2 Å². The second-order valence-corrected chi connectivity index (χ2v) is 8.33. The third-order valence-corrected chi connectivity index (χ3v) is 6.19. The summed E-state index contributed by atoms with van der Waals surface area (Å²) in [6, 6.07) is 13.9. The largest absolute Gasteiger partial charge is 0.465 e. The SMILES string of the molecule is CN(C)C(=O)c1ccc(-c2ccc(N3CC4CCC(C3)N4C(=O)O)cc2)cc1Cl. The van der Waals surface area contributed by atoms with E-state index in [2.05, 4.69) is 17.0 Å². The van der Waals surface area contributed by atoms with E-state index in [0.29, 0.717) is 10.6 Å². The maximum absolute atomic E-state index is 12.2. The van der Waals surface area contributed by atoms with Gasteiger partial charge in [-0.15, -0.1) is 0 Å². The number of piperazine rings is 1. The van der Waals surface area contributed by atoms with E-state index in [9.17, 15) is 14.7 Å². The van der Waals surface area contributed by atoms with E-state index < -0.39 is 6.09 Å². The van der Waals surface area contributed by atoms with Crippen LogP contribution >= 0.6 is 11.6 Å². The van der Waals surface area contributed by atoms with Crippen LogP contribution in [-0.2, 0) is 0 Å². The van der Waals surface area contributed by atoms with Crippen molar-refractivity contribution in [2.24, 2.45) is 0 Å². The van der Waals surface area contributed by atoms with Crippen molar-refractivity contribution in [3.05, 3.63) is 53.1 Å². The molecule has 2 aromatic carbocycles. The molecule has 4 rings (SSSR count). The Labute approximate surface area is 175 Å². The van der Waals surface area contributed by atoms with E-state index >= 15 is 0 Å². The molecule has 2 unspecified atom stereocenters. The lowest BCUT2D eigenvalue weighted by Gasteiger charge is -2.40. The summed E-state index contributed by atoms with van der Waals surface area (Å²) in [4.78, 5) is 29.0. The number of halogens is 1. The zero-order chi connectivity index (χ0) is 20.7. The first-order chi connectivity index (χ1) is 13.8. The van der Waals surface area contributed by atoms with Crippen LogP contribution in [0.5, 0.6) is 0 Å². The minimum Gasteiger partial charge on any atom is -0.465 e. The molecule has 2 aliphatic rings. The number of benzene rings is 2. The lowest BCUT2D eigenvalue weighted by molar-refractivity contribution is 0.0827. The minimum atomic E-state index is -0.805. The quantitative estimate of drug-likeness (QED) is 0.824. The predicted octanol–water partition coefficient (Wildman–Crippen LogP) is 4.04. The van der Waals surface area contributed by atoms with Crippen molar-refractivity contribution in [1.82, 2.24) is 9.80 Å². The maximum atomic E-state index is 12.2. The van der Waals surface area contributed by atoms with Crippen LogP contribution in [0.15, 0.2) is 42.5 Å². The molecule has 2 aromatic rings. The Balaban J connectivity index is 1.51. The highest BCUT2D eigenvalue weighted by Gasteiger charge is 2.42. The van der Waals surface area contributed by atoms with Crippen molar-refractivity contribution >= 4 is 29.3 Å². The molecule has 29 heavy (non-hydrogen) atoms. The number of amides is 2. The van der Waals surface area contributed by atoms with Gasteiger partial charge in [-0.1, -0.05) is 29.8 Å². The summed E-state index contributed by atoms with van der Waals surface area (Å²) in [5.41, 5.74) is 3.56. The summed E-state index contributed by atoms with van der Waals surface area (Å²) in [5, 5.41) is 9.85. The number of carboxylic acid groups (broad SMARTS) is 1. The fraction of sp³-hybridized carbons (Fsp3) is 0.364. The summed E-state index contributed by atoms with van der Waals surface area (Å²) in [5.74, 6) is -0.118. The van der Waals surface area contributed by atoms with Crippen molar-refractivity contribution < 1.29 is 14.7 Å².